The third kappa shape index (κ3) is 3.75. The monoisotopic (exact) mass is 427 g/mol. The number of Topliss-reactive ketones (excluding diaryl/α,β-unsaturated/α-hetero) is 1. The van der Waals surface area contributed by atoms with Crippen molar-refractivity contribution in [1.82, 2.24) is 4.98 Å². The molecule has 0 bridgehead atoms. The summed E-state index contributed by atoms with van der Waals surface area (Å²) in [6, 6.07) is 11.0. The Morgan fingerprint density at radius 2 is 2.07 bits per heavy atom. The number of carbonyl (C=O) groups excluding carboxylic acids is 2. The van der Waals surface area contributed by atoms with Gasteiger partial charge >= 0.3 is 0 Å². The van der Waals surface area contributed by atoms with E-state index in [4.69, 9.17) is 23.2 Å². The second-order valence-corrected chi connectivity index (χ2v) is 8.46. The second kappa shape index (κ2) is 7.78. The minimum Gasteiger partial charge on any atom is -0.311 e. The Bertz CT molecular complexity index is 1030. The lowest BCUT2D eigenvalue weighted by atomic mass is 9.83. The molecule has 1 aliphatic heterocycles. The average molecular weight is 428 g/mol. The molecule has 1 aromatic carbocycles. The molecule has 0 spiro atoms. The fourth-order valence-corrected chi connectivity index (χ4v) is 4.41. The van der Waals surface area contributed by atoms with Gasteiger partial charge in [0.2, 0.25) is 5.91 Å². The maximum atomic E-state index is 13.0. The molecule has 0 N–H and O–H groups in total. The van der Waals surface area contributed by atoms with E-state index >= 15 is 0 Å². The van der Waals surface area contributed by atoms with E-state index in [2.05, 4.69) is 11.1 Å². The van der Waals surface area contributed by atoms with Gasteiger partial charge in [0, 0.05) is 37.0 Å². The number of amides is 1. The van der Waals surface area contributed by atoms with Gasteiger partial charge in [0.1, 0.15) is 11.2 Å². The summed E-state index contributed by atoms with van der Waals surface area (Å²) in [5, 5.41) is 10.4. The lowest BCUT2D eigenvalue weighted by Crippen LogP contribution is -2.35. The minimum atomic E-state index is -0.886. The van der Waals surface area contributed by atoms with Crippen molar-refractivity contribution in [3.8, 4) is 6.07 Å². The van der Waals surface area contributed by atoms with Gasteiger partial charge in [0.15, 0.2) is 0 Å². The molecule has 1 aromatic heterocycles. The molecular weight excluding hydrogens is 409 g/mol. The maximum absolute atomic E-state index is 13.0. The number of nitrogens with zero attached hydrogens (tertiary/aromatic N) is 3. The zero-order valence-electron chi connectivity index (χ0n) is 15.7. The first-order chi connectivity index (χ1) is 13.9. The number of halogens is 2. The van der Waals surface area contributed by atoms with Gasteiger partial charge in [-0.3, -0.25) is 14.6 Å². The lowest BCUT2D eigenvalue weighted by Gasteiger charge is -2.21. The van der Waals surface area contributed by atoms with Gasteiger partial charge in [-0.05, 0) is 48.9 Å². The minimum absolute atomic E-state index is 0.0454. The topological polar surface area (TPSA) is 74.1 Å². The third-order valence-corrected chi connectivity index (χ3v) is 6.60. The number of aromatic nitrogens is 1. The lowest BCUT2D eigenvalue weighted by molar-refractivity contribution is -0.123. The molecule has 1 saturated heterocycles. The van der Waals surface area contributed by atoms with E-state index in [-0.39, 0.29) is 30.4 Å². The van der Waals surface area contributed by atoms with Crippen LogP contribution in [0.2, 0.25) is 10.0 Å². The molecular formula is C22H19Cl2N3O2. The summed E-state index contributed by atoms with van der Waals surface area (Å²) in [5.41, 5.74) is 1.06. The van der Waals surface area contributed by atoms with Crippen molar-refractivity contribution in [1.29, 1.82) is 5.26 Å². The molecule has 4 rings (SSSR count). The first-order valence-electron chi connectivity index (χ1n) is 9.57. The molecule has 2 heterocycles. The molecule has 2 fully saturated rings. The van der Waals surface area contributed by atoms with Crippen LogP contribution in [-0.2, 0) is 22.4 Å². The summed E-state index contributed by atoms with van der Waals surface area (Å²) in [7, 11) is 0. The number of hydrogen-bond donors (Lipinski definition) is 0. The predicted octanol–water partition coefficient (Wildman–Crippen LogP) is 4.40. The van der Waals surface area contributed by atoms with Crippen molar-refractivity contribution in [2.75, 3.05) is 11.4 Å². The molecule has 2 aromatic rings. The van der Waals surface area contributed by atoms with Gasteiger partial charge < -0.3 is 4.90 Å². The highest BCUT2D eigenvalue weighted by Gasteiger charge is 2.56. The highest BCUT2D eigenvalue weighted by molar-refractivity contribution is 6.42. The molecule has 5 nitrogen and oxygen atoms in total. The second-order valence-electron chi connectivity index (χ2n) is 7.67. The van der Waals surface area contributed by atoms with Crippen LogP contribution in [0, 0.1) is 22.7 Å². The van der Waals surface area contributed by atoms with Crippen molar-refractivity contribution in [3.05, 3.63) is 57.8 Å². The van der Waals surface area contributed by atoms with E-state index in [0.717, 1.165) is 12.8 Å². The van der Waals surface area contributed by atoms with E-state index in [0.29, 0.717) is 40.0 Å². The van der Waals surface area contributed by atoms with Crippen LogP contribution < -0.4 is 4.90 Å². The molecule has 1 atom stereocenters. The Balaban J connectivity index is 1.48. The molecule has 29 heavy (non-hydrogen) atoms. The van der Waals surface area contributed by atoms with E-state index in [1.165, 1.54) is 0 Å². The fraction of sp³-hybridized carbons (Fsp3) is 0.364. The van der Waals surface area contributed by atoms with Crippen LogP contribution in [0.4, 0.5) is 5.69 Å². The summed E-state index contributed by atoms with van der Waals surface area (Å²) < 4.78 is 0. The van der Waals surface area contributed by atoms with Crippen LogP contribution in [0.1, 0.15) is 30.5 Å². The highest BCUT2D eigenvalue weighted by Crippen LogP contribution is 2.51. The number of carbonyl (C=O) groups is 2. The van der Waals surface area contributed by atoms with Crippen molar-refractivity contribution >= 4 is 40.6 Å². The van der Waals surface area contributed by atoms with Gasteiger partial charge in [-0.1, -0.05) is 35.3 Å². The number of ketones is 1. The van der Waals surface area contributed by atoms with Crippen LogP contribution in [0.25, 0.3) is 0 Å². The van der Waals surface area contributed by atoms with E-state index in [9.17, 15) is 14.9 Å². The molecule has 1 aliphatic carbocycles. The van der Waals surface area contributed by atoms with Crippen molar-refractivity contribution < 1.29 is 9.59 Å². The van der Waals surface area contributed by atoms with Crippen LogP contribution in [0.3, 0.4) is 0 Å². The molecule has 1 saturated carbocycles. The molecule has 7 heteroatoms. The number of anilines is 1. The fourth-order valence-electron chi connectivity index (χ4n) is 4.03. The van der Waals surface area contributed by atoms with Crippen LogP contribution in [0.5, 0.6) is 0 Å². The quantitative estimate of drug-likeness (QED) is 0.684. The van der Waals surface area contributed by atoms with Gasteiger partial charge in [0.05, 0.1) is 16.1 Å². The first kappa shape index (κ1) is 19.9. The van der Waals surface area contributed by atoms with E-state index in [1.807, 2.05) is 0 Å². The summed E-state index contributed by atoms with van der Waals surface area (Å²) in [5.74, 6) is 0.00272. The van der Waals surface area contributed by atoms with Gasteiger partial charge in [0.25, 0.3) is 0 Å². The number of nitriles is 1. The highest BCUT2D eigenvalue weighted by atomic mass is 35.5. The Labute approximate surface area is 179 Å². The van der Waals surface area contributed by atoms with Crippen LogP contribution in [-0.4, -0.2) is 23.2 Å². The van der Waals surface area contributed by atoms with E-state index in [1.54, 1.807) is 41.4 Å². The molecule has 2 aliphatic rings. The predicted molar refractivity (Wildman–Crippen MR) is 111 cm³/mol. The largest absolute Gasteiger partial charge is 0.311 e. The zero-order chi connectivity index (χ0) is 20.6. The number of benzene rings is 1. The molecule has 0 unspecified atom stereocenters. The SMILES string of the molecule is N#C[C@@]1(C2CC2)CCN(c2ccnc(CC(=O)Cc3cccc(Cl)c3Cl)c2)C1=O. The Morgan fingerprint density at radius 3 is 2.79 bits per heavy atom. The van der Waals surface area contributed by atoms with Crippen LogP contribution >= 0.6 is 23.2 Å². The Kier molecular flexibility index (Phi) is 5.33. The van der Waals surface area contributed by atoms with Crippen molar-refractivity contribution in [2.24, 2.45) is 11.3 Å². The molecule has 1 amide bonds. The first-order valence-corrected chi connectivity index (χ1v) is 10.3. The number of pyridine rings is 1. The summed E-state index contributed by atoms with van der Waals surface area (Å²) in [4.78, 5) is 31.4. The smallest absolute Gasteiger partial charge is 0.247 e. The average Bonchev–Trinajstić information content (AvgIpc) is 3.50. The van der Waals surface area contributed by atoms with Crippen LogP contribution in [0.15, 0.2) is 36.5 Å². The third-order valence-electron chi connectivity index (χ3n) is 5.74. The normalized spacial score (nSPS) is 21.3. The number of hydrogen-bond acceptors (Lipinski definition) is 4. The van der Waals surface area contributed by atoms with E-state index < -0.39 is 5.41 Å². The zero-order valence-corrected chi connectivity index (χ0v) is 17.2. The standard InChI is InChI=1S/C22H19Cl2N3O2/c23-19-3-1-2-14(20(19)24)10-18(28)12-16-11-17(6-8-26-16)27-9-7-22(13-25,21(27)29)15-4-5-15/h1-3,6,8,11,15H,4-5,7,9-10,12H2/t22-/m1/s1. The summed E-state index contributed by atoms with van der Waals surface area (Å²) in [6.45, 7) is 0.512. The summed E-state index contributed by atoms with van der Waals surface area (Å²) in [6.07, 6.45) is 4.32. The van der Waals surface area contributed by atoms with Gasteiger partial charge in [-0.15, -0.1) is 0 Å². The number of rotatable bonds is 6. The molecule has 148 valence electrons. The maximum Gasteiger partial charge on any atom is 0.247 e. The van der Waals surface area contributed by atoms with Crippen molar-refractivity contribution in [3.63, 3.8) is 0 Å². The van der Waals surface area contributed by atoms with Gasteiger partial charge in [-0.25, -0.2) is 0 Å². The molecule has 0 radical (unpaired) electrons. The summed E-state index contributed by atoms with van der Waals surface area (Å²) >= 11 is 12.2. The Morgan fingerprint density at radius 1 is 1.28 bits per heavy atom. The Hall–Kier alpha value is -2.42. The van der Waals surface area contributed by atoms with Crippen molar-refractivity contribution in [2.45, 2.75) is 32.1 Å². The van der Waals surface area contributed by atoms with Gasteiger partial charge in [-0.2, -0.15) is 5.26 Å².